The quantitative estimate of drug-likeness (QED) is 0.844. The number of aliphatic hydroxyl groups is 1. The van der Waals surface area contributed by atoms with Gasteiger partial charge in [-0.15, -0.1) is 13.2 Å². The van der Waals surface area contributed by atoms with Gasteiger partial charge in [-0.3, -0.25) is 0 Å². The molecule has 1 N–H and O–H groups in total. The van der Waals surface area contributed by atoms with E-state index in [1.807, 2.05) is 0 Å². The standard InChI is InChI=1S/C9H7F5O3/c10-8(11)16-6-1-2-7(5(3-6)4-15)17-9(12,13)14/h1-3,8,15H,4H2. The third-order valence-corrected chi connectivity index (χ3v) is 1.65. The van der Waals surface area contributed by atoms with Crippen LogP contribution in [-0.4, -0.2) is 18.1 Å². The molecule has 3 nitrogen and oxygen atoms in total. The minimum Gasteiger partial charge on any atom is -0.435 e. The van der Waals surface area contributed by atoms with Crippen LogP contribution in [0.4, 0.5) is 22.0 Å². The lowest BCUT2D eigenvalue weighted by Crippen LogP contribution is -2.18. The van der Waals surface area contributed by atoms with Gasteiger partial charge in [0.15, 0.2) is 0 Å². The maximum atomic E-state index is 11.9. The number of halogens is 5. The number of hydrogen-bond acceptors (Lipinski definition) is 3. The normalized spacial score (nSPS) is 11.7. The summed E-state index contributed by atoms with van der Waals surface area (Å²) in [6.07, 6.45) is -4.92. The van der Waals surface area contributed by atoms with Gasteiger partial charge in [0.05, 0.1) is 6.61 Å². The molecular weight excluding hydrogens is 251 g/mol. The molecule has 0 aliphatic rings. The highest BCUT2D eigenvalue weighted by Gasteiger charge is 2.32. The summed E-state index contributed by atoms with van der Waals surface area (Å²) in [7, 11) is 0. The Morgan fingerprint density at radius 1 is 1.24 bits per heavy atom. The zero-order valence-electron chi connectivity index (χ0n) is 8.17. The Bertz CT molecular complexity index is 377. The smallest absolute Gasteiger partial charge is 0.435 e. The molecule has 0 heterocycles. The molecule has 0 aromatic heterocycles. The first-order valence-corrected chi connectivity index (χ1v) is 4.26. The molecule has 0 atom stereocenters. The lowest BCUT2D eigenvalue weighted by atomic mass is 10.2. The van der Waals surface area contributed by atoms with Gasteiger partial charge in [0.2, 0.25) is 0 Å². The van der Waals surface area contributed by atoms with E-state index in [9.17, 15) is 22.0 Å². The highest BCUT2D eigenvalue weighted by atomic mass is 19.4. The summed E-state index contributed by atoms with van der Waals surface area (Å²) in [5, 5.41) is 8.78. The largest absolute Gasteiger partial charge is 0.573 e. The van der Waals surface area contributed by atoms with Crippen LogP contribution in [0.3, 0.4) is 0 Å². The molecule has 8 heteroatoms. The van der Waals surface area contributed by atoms with Crippen molar-refractivity contribution in [2.75, 3.05) is 0 Å². The molecule has 0 aliphatic heterocycles. The van der Waals surface area contributed by atoms with Crippen LogP contribution < -0.4 is 9.47 Å². The van der Waals surface area contributed by atoms with Gasteiger partial charge in [-0.25, -0.2) is 0 Å². The Balaban J connectivity index is 2.93. The number of alkyl halides is 5. The van der Waals surface area contributed by atoms with E-state index in [1.54, 1.807) is 0 Å². The zero-order chi connectivity index (χ0) is 13.1. The van der Waals surface area contributed by atoms with Crippen molar-refractivity contribution in [2.24, 2.45) is 0 Å². The van der Waals surface area contributed by atoms with E-state index < -0.39 is 25.3 Å². The Kier molecular flexibility index (Phi) is 4.11. The van der Waals surface area contributed by atoms with Gasteiger partial charge in [-0.1, -0.05) is 0 Å². The van der Waals surface area contributed by atoms with Crippen LogP contribution in [0.2, 0.25) is 0 Å². The fourth-order valence-electron chi connectivity index (χ4n) is 1.08. The molecule has 0 amide bonds. The van der Waals surface area contributed by atoms with Crippen molar-refractivity contribution in [3.63, 3.8) is 0 Å². The average Bonchev–Trinajstić information content (AvgIpc) is 2.17. The molecule has 0 saturated carbocycles. The molecule has 0 fully saturated rings. The van der Waals surface area contributed by atoms with Crippen molar-refractivity contribution < 1.29 is 36.5 Å². The van der Waals surface area contributed by atoms with E-state index >= 15 is 0 Å². The molecule has 0 aliphatic carbocycles. The fraction of sp³-hybridized carbons (Fsp3) is 0.333. The van der Waals surface area contributed by atoms with Crippen molar-refractivity contribution in [2.45, 2.75) is 19.6 Å². The summed E-state index contributed by atoms with van der Waals surface area (Å²) in [5.74, 6) is -1.03. The number of ether oxygens (including phenoxy) is 2. The lowest BCUT2D eigenvalue weighted by Gasteiger charge is -2.13. The summed E-state index contributed by atoms with van der Waals surface area (Å²) >= 11 is 0. The minimum absolute atomic E-state index is 0.305. The summed E-state index contributed by atoms with van der Waals surface area (Å²) in [6.45, 7) is -3.90. The first-order chi connectivity index (χ1) is 7.81. The van der Waals surface area contributed by atoms with Gasteiger partial charge < -0.3 is 14.6 Å². The molecule has 0 radical (unpaired) electrons. The third kappa shape index (κ3) is 4.43. The topological polar surface area (TPSA) is 38.7 Å². The van der Waals surface area contributed by atoms with Gasteiger partial charge in [0, 0.05) is 5.56 Å². The van der Waals surface area contributed by atoms with Gasteiger partial charge in [0.1, 0.15) is 11.5 Å². The molecule has 1 rings (SSSR count). The van der Waals surface area contributed by atoms with E-state index in [-0.39, 0.29) is 11.3 Å². The number of hydrogen-bond donors (Lipinski definition) is 1. The Labute approximate surface area is 92.4 Å². The predicted molar refractivity (Wildman–Crippen MR) is 45.7 cm³/mol. The summed E-state index contributed by atoms with van der Waals surface area (Å²) in [5.41, 5.74) is -0.305. The molecule has 1 aromatic carbocycles. The van der Waals surface area contributed by atoms with Crippen molar-refractivity contribution >= 4 is 0 Å². The molecule has 96 valence electrons. The van der Waals surface area contributed by atoms with E-state index in [0.717, 1.165) is 18.2 Å². The van der Waals surface area contributed by atoms with Crippen molar-refractivity contribution in [1.29, 1.82) is 0 Å². The Morgan fingerprint density at radius 3 is 2.35 bits per heavy atom. The second kappa shape index (κ2) is 5.17. The van der Waals surface area contributed by atoms with Crippen molar-refractivity contribution in [3.8, 4) is 11.5 Å². The Hall–Kier alpha value is -1.57. The van der Waals surface area contributed by atoms with Crippen LogP contribution in [0.1, 0.15) is 5.56 Å². The van der Waals surface area contributed by atoms with Crippen molar-refractivity contribution in [1.82, 2.24) is 0 Å². The van der Waals surface area contributed by atoms with Crippen LogP contribution in [-0.2, 0) is 6.61 Å². The van der Waals surface area contributed by atoms with Crippen LogP contribution in [0, 0.1) is 0 Å². The molecule has 0 unspecified atom stereocenters. The van der Waals surface area contributed by atoms with E-state index in [2.05, 4.69) is 9.47 Å². The lowest BCUT2D eigenvalue weighted by molar-refractivity contribution is -0.275. The summed E-state index contributed by atoms with van der Waals surface area (Å²) < 4.78 is 66.9. The average molecular weight is 258 g/mol. The first kappa shape index (κ1) is 13.5. The van der Waals surface area contributed by atoms with E-state index in [1.165, 1.54) is 0 Å². The summed E-state index contributed by atoms with van der Waals surface area (Å²) in [4.78, 5) is 0. The van der Waals surface area contributed by atoms with Crippen LogP contribution in [0.25, 0.3) is 0 Å². The second-order valence-corrected chi connectivity index (χ2v) is 2.85. The molecule has 0 bridgehead atoms. The van der Waals surface area contributed by atoms with Gasteiger partial charge in [-0.05, 0) is 18.2 Å². The first-order valence-electron chi connectivity index (χ1n) is 4.26. The van der Waals surface area contributed by atoms with Crippen LogP contribution in [0.15, 0.2) is 18.2 Å². The van der Waals surface area contributed by atoms with Gasteiger partial charge in [0.25, 0.3) is 0 Å². The molecule has 0 saturated heterocycles. The number of aliphatic hydroxyl groups excluding tert-OH is 1. The summed E-state index contributed by atoms with van der Waals surface area (Å²) in [6, 6.07) is 2.51. The van der Waals surface area contributed by atoms with Gasteiger partial charge >= 0.3 is 13.0 Å². The fourth-order valence-corrected chi connectivity index (χ4v) is 1.08. The third-order valence-electron chi connectivity index (χ3n) is 1.65. The minimum atomic E-state index is -4.92. The number of benzene rings is 1. The zero-order valence-corrected chi connectivity index (χ0v) is 8.17. The number of rotatable bonds is 4. The van der Waals surface area contributed by atoms with Crippen LogP contribution >= 0.6 is 0 Å². The van der Waals surface area contributed by atoms with Crippen LogP contribution in [0.5, 0.6) is 11.5 Å². The SMILES string of the molecule is OCc1cc(OC(F)F)ccc1OC(F)(F)F. The second-order valence-electron chi connectivity index (χ2n) is 2.85. The van der Waals surface area contributed by atoms with Crippen molar-refractivity contribution in [3.05, 3.63) is 23.8 Å². The maximum Gasteiger partial charge on any atom is 0.573 e. The van der Waals surface area contributed by atoms with E-state index in [4.69, 9.17) is 5.11 Å². The highest BCUT2D eigenvalue weighted by molar-refractivity contribution is 5.40. The molecule has 17 heavy (non-hydrogen) atoms. The Morgan fingerprint density at radius 2 is 1.88 bits per heavy atom. The molecule has 1 aromatic rings. The highest BCUT2D eigenvalue weighted by Crippen LogP contribution is 2.29. The van der Waals surface area contributed by atoms with E-state index in [0.29, 0.717) is 0 Å². The maximum absolute atomic E-state index is 11.9. The predicted octanol–water partition coefficient (Wildman–Crippen LogP) is 2.68. The molecular formula is C9H7F5O3. The molecule has 0 spiro atoms. The monoisotopic (exact) mass is 258 g/mol. The van der Waals surface area contributed by atoms with Gasteiger partial charge in [-0.2, -0.15) is 8.78 Å².